The molecule has 3 N–H and O–H groups in total. The Kier molecular flexibility index (Phi) is 5.56. The molecule has 1 fully saturated rings. The molecule has 0 bridgehead atoms. The Balaban J connectivity index is 1.75. The van der Waals surface area contributed by atoms with E-state index in [1.165, 1.54) is 13.8 Å². The average molecular weight is 319 g/mol. The van der Waals surface area contributed by atoms with Gasteiger partial charge in [0.15, 0.2) is 6.10 Å². The van der Waals surface area contributed by atoms with E-state index in [0.29, 0.717) is 5.69 Å². The van der Waals surface area contributed by atoms with Crippen molar-refractivity contribution in [2.24, 2.45) is 0 Å². The number of para-hydroxylation sites is 1. The predicted molar refractivity (Wildman–Crippen MR) is 84.8 cm³/mol. The molecule has 0 aliphatic heterocycles. The molecule has 7 nitrogen and oxygen atoms in total. The zero-order valence-electron chi connectivity index (χ0n) is 13.2. The van der Waals surface area contributed by atoms with Crippen LogP contribution in [0, 0.1) is 0 Å². The molecule has 3 amide bonds. The summed E-state index contributed by atoms with van der Waals surface area (Å²) in [6, 6.07) is 7.68. The summed E-state index contributed by atoms with van der Waals surface area (Å²) in [5, 5.41) is 7.83. The molecule has 1 aliphatic rings. The van der Waals surface area contributed by atoms with Gasteiger partial charge < -0.3 is 20.7 Å². The van der Waals surface area contributed by atoms with Gasteiger partial charge in [0.25, 0.3) is 5.91 Å². The van der Waals surface area contributed by atoms with Crippen LogP contribution in [0.4, 0.5) is 10.5 Å². The van der Waals surface area contributed by atoms with Crippen molar-refractivity contribution >= 4 is 23.6 Å². The van der Waals surface area contributed by atoms with Gasteiger partial charge in [-0.25, -0.2) is 9.59 Å². The normalized spacial score (nSPS) is 15.9. The maximum absolute atomic E-state index is 11.9. The highest BCUT2D eigenvalue weighted by Crippen LogP contribution is 2.18. The number of ether oxygens (including phenoxy) is 1. The lowest BCUT2D eigenvalue weighted by atomic mass is 10.3. The minimum atomic E-state index is -0.885. The highest BCUT2D eigenvalue weighted by Gasteiger charge is 2.28. The first-order chi connectivity index (χ1) is 11.0. The van der Waals surface area contributed by atoms with Crippen molar-refractivity contribution in [2.75, 3.05) is 5.32 Å². The van der Waals surface area contributed by atoms with Crippen molar-refractivity contribution in [1.29, 1.82) is 0 Å². The van der Waals surface area contributed by atoms with E-state index in [-0.39, 0.29) is 11.9 Å². The highest BCUT2D eigenvalue weighted by molar-refractivity contribution is 5.93. The molecular weight excluding hydrogens is 298 g/mol. The summed E-state index contributed by atoms with van der Waals surface area (Å²) >= 11 is 0. The lowest BCUT2D eigenvalue weighted by molar-refractivity contribution is -0.156. The predicted octanol–water partition coefficient (Wildman–Crippen LogP) is 1.41. The number of hydrogen-bond acceptors (Lipinski definition) is 4. The van der Waals surface area contributed by atoms with Crippen molar-refractivity contribution in [1.82, 2.24) is 10.6 Å². The Morgan fingerprint density at radius 3 is 2.39 bits per heavy atom. The van der Waals surface area contributed by atoms with Gasteiger partial charge >= 0.3 is 12.0 Å². The molecular formula is C16H21N3O4. The maximum Gasteiger partial charge on any atom is 0.329 e. The molecule has 0 aromatic heterocycles. The number of esters is 1. The van der Waals surface area contributed by atoms with Crippen LogP contribution in [0.2, 0.25) is 0 Å². The maximum atomic E-state index is 11.9. The van der Waals surface area contributed by atoms with Gasteiger partial charge in [-0.15, -0.1) is 0 Å². The fourth-order valence-electron chi connectivity index (χ4n) is 1.82. The lowest BCUT2D eigenvalue weighted by Crippen LogP contribution is -2.45. The summed E-state index contributed by atoms with van der Waals surface area (Å²) in [7, 11) is 0. The molecule has 0 saturated heterocycles. The monoisotopic (exact) mass is 319 g/mol. The average Bonchev–Trinajstić information content (AvgIpc) is 3.31. The Morgan fingerprint density at radius 2 is 1.78 bits per heavy atom. The van der Waals surface area contributed by atoms with Gasteiger partial charge in [0.2, 0.25) is 0 Å². The minimum absolute atomic E-state index is 0.204. The number of benzene rings is 1. The Labute approximate surface area is 134 Å². The fourth-order valence-corrected chi connectivity index (χ4v) is 1.82. The van der Waals surface area contributed by atoms with Crippen LogP contribution in [-0.4, -0.2) is 36.1 Å². The zero-order valence-corrected chi connectivity index (χ0v) is 13.2. The smallest absolute Gasteiger partial charge is 0.329 e. The summed E-state index contributed by atoms with van der Waals surface area (Å²) < 4.78 is 5.06. The Hall–Kier alpha value is -2.57. The van der Waals surface area contributed by atoms with Gasteiger partial charge in [0.05, 0.1) is 0 Å². The number of hydrogen-bond donors (Lipinski definition) is 3. The summed E-state index contributed by atoms with van der Waals surface area (Å²) in [4.78, 5) is 35.4. The van der Waals surface area contributed by atoms with Crippen LogP contribution < -0.4 is 16.0 Å². The third-order valence-corrected chi connectivity index (χ3v) is 3.32. The van der Waals surface area contributed by atoms with E-state index in [4.69, 9.17) is 4.74 Å². The van der Waals surface area contributed by atoms with E-state index in [2.05, 4.69) is 16.0 Å². The van der Waals surface area contributed by atoms with Crippen LogP contribution in [-0.2, 0) is 14.3 Å². The zero-order chi connectivity index (χ0) is 16.8. The first-order valence-electron chi connectivity index (χ1n) is 7.59. The van der Waals surface area contributed by atoms with Crippen LogP contribution in [0.1, 0.15) is 26.7 Å². The number of urea groups is 1. The summed E-state index contributed by atoms with van der Waals surface area (Å²) in [5.41, 5.74) is 0.614. The SMILES string of the molecule is C[C@H](NC(=O)Nc1ccccc1)C(=O)O[C@H](C)C(=O)NC1CC1. The summed E-state index contributed by atoms with van der Waals surface area (Å²) in [6.45, 7) is 3.00. The molecule has 2 atom stereocenters. The molecule has 2 rings (SSSR count). The van der Waals surface area contributed by atoms with Gasteiger partial charge in [-0.2, -0.15) is 0 Å². The molecule has 1 saturated carbocycles. The number of anilines is 1. The van der Waals surface area contributed by atoms with Gasteiger partial charge in [0.1, 0.15) is 6.04 Å². The van der Waals surface area contributed by atoms with Crippen LogP contribution >= 0.6 is 0 Å². The second-order valence-electron chi connectivity index (χ2n) is 5.55. The van der Waals surface area contributed by atoms with E-state index < -0.39 is 24.1 Å². The number of carbonyl (C=O) groups excluding carboxylic acids is 3. The molecule has 1 aromatic carbocycles. The van der Waals surface area contributed by atoms with E-state index in [9.17, 15) is 14.4 Å². The van der Waals surface area contributed by atoms with Crippen molar-refractivity contribution in [3.63, 3.8) is 0 Å². The topological polar surface area (TPSA) is 96.5 Å². The lowest BCUT2D eigenvalue weighted by Gasteiger charge is -2.17. The van der Waals surface area contributed by atoms with Gasteiger partial charge in [0, 0.05) is 11.7 Å². The van der Waals surface area contributed by atoms with E-state index in [1.54, 1.807) is 24.3 Å². The van der Waals surface area contributed by atoms with Gasteiger partial charge in [-0.05, 0) is 38.8 Å². The molecule has 7 heteroatoms. The van der Waals surface area contributed by atoms with Gasteiger partial charge in [-0.1, -0.05) is 18.2 Å². The van der Waals surface area contributed by atoms with Crippen LogP contribution in [0.15, 0.2) is 30.3 Å². The molecule has 1 aromatic rings. The van der Waals surface area contributed by atoms with Crippen LogP contribution in [0.5, 0.6) is 0 Å². The van der Waals surface area contributed by atoms with Gasteiger partial charge in [-0.3, -0.25) is 4.79 Å². The number of nitrogens with one attached hydrogen (secondary N) is 3. The second kappa shape index (κ2) is 7.62. The Bertz CT molecular complexity index is 572. The van der Waals surface area contributed by atoms with Crippen molar-refractivity contribution in [2.45, 2.75) is 44.9 Å². The highest BCUT2D eigenvalue weighted by atomic mass is 16.5. The number of amides is 3. The summed E-state index contributed by atoms with van der Waals surface area (Å²) in [6.07, 6.45) is 1.04. The van der Waals surface area contributed by atoms with Crippen LogP contribution in [0.3, 0.4) is 0 Å². The summed E-state index contributed by atoms with van der Waals surface area (Å²) in [5.74, 6) is -0.978. The number of rotatable bonds is 6. The third-order valence-electron chi connectivity index (χ3n) is 3.32. The second-order valence-corrected chi connectivity index (χ2v) is 5.55. The molecule has 23 heavy (non-hydrogen) atoms. The molecule has 0 unspecified atom stereocenters. The van der Waals surface area contributed by atoms with Crippen LogP contribution in [0.25, 0.3) is 0 Å². The first-order valence-corrected chi connectivity index (χ1v) is 7.59. The fraction of sp³-hybridized carbons (Fsp3) is 0.438. The quantitative estimate of drug-likeness (QED) is 0.691. The first kappa shape index (κ1) is 16.8. The molecule has 0 heterocycles. The molecule has 124 valence electrons. The minimum Gasteiger partial charge on any atom is -0.451 e. The standard InChI is InChI=1S/C16H21N3O4/c1-10(17-16(22)19-12-6-4-3-5-7-12)15(21)23-11(2)14(20)18-13-8-9-13/h3-7,10-11,13H,8-9H2,1-2H3,(H,18,20)(H2,17,19,22)/t10-,11+/m0/s1. The van der Waals surface area contributed by atoms with E-state index >= 15 is 0 Å². The van der Waals surface area contributed by atoms with Crippen molar-refractivity contribution < 1.29 is 19.1 Å². The third kappa shape index (κ3) is 5.61. The largest absolute Gasteiger partial charge is 0.451 e. The molecule has 0 radical (unpaired) electrons. The number of carbonyl (C=O) groups is 3. The van der Waals surface area contributed by atoms with Crippen molar-refractivity contribution in [3.05, 3.63) is 30.3 Å². The van der Waals surface area contributed by atoms with Crippen molar-refractivity contribution in [3.8, 4) is 0 Å². The van der Waals surface area contributed by atoms with E-state index in [1.807, 2.05) is 6.07 Å². The molecule has 1 aliphatic carbocycles. The van der Waals surface area contributed by atoms with E-state index in [0.717, 1.165) is 12.8 Å². The molecule has 0 spiro atoms. The Morgan fingerprint density at radius 1 is 1.13 bits per heavy atom.